The minimum atomic E-state index is -0.697. The van der Waals surface area contributed by atoms with Crippen molar-refractivity contribution in [3.8, 4) is 0 Å². The first-order valence-electron chi connectivity index (χ1n) is 4.74. The first-order valence-corrected chi connectivity index (χ1v) is 6.77. The molecule has 0 aliphatic heterocycles. The maximum Gasteiger partial charge on any atom is 0.323 e. The minimum Gasteiger partial charge on any atom is -0.468 e. The van der Waals surface area contributed by atoms with E-state index in [9.17, 15) is 9.59 Å². The summed E-state index contributed by atoms with van der Waals surface area (Å²) < 4.78 is 4.47. The fourth-order valence-corrected chi connectivity index (χ4v) is 2.25. The molecular formula is C9H13N3O3S2. The second-order valence-corrected chi connectivity index (χ2v) is 4.96. The van der Waals surface area contributed by atoms with Crippen LogP contribution in [0.2, 0.25) is 0 Å². The molecule has 8 heteroatoms. The lowest BCUT2D eigenvalue weighted by Crippen LogP contribution is -2.34. The Bertz CT molecular complexity index is 370. The Morgan fingerprint density at radius 1 is 1.71 bits per heavy atom. The predicted molar refractivity (Wildman–Crippen MR) is 68.1 cm³/mol. The van der Waals surface area contributed by atoms with Gasteiger partial charge in [-0.15, -0.1) is 23.1 Å². The highest BCUT2D eigenvalue weighted by atomic mass is 32.2. The highest BCUT2D eigenvalue weighted by Crippen LogP contribution is 2.11. The lowest BCUT2D eigenvalue weighted by atomic mass is 10.4. The van der Waals surface area contributed by atoms with Crippen LogP contribution in [0.15, 0.2) is 11.6 Å². The van der Waals surface area contributed by atoms with Crippen LogP contribution in [0.5, 0.6) is 0 Å². The third kappa shape index (κ3) is 5.16. The Hall–Kier alpha value is -1.12. The van der Waals surface area contributed by atoms with E-state index in [0.717, 1.165) is 0 Å². The molecule has 1 aromatic heterocycles. The van der Waals surface area contributed by atoms with Gasteiger partial charge in [0.25, 0.3) is 0 Å². The summed E-state index contributed by atoms with van der Waals surface area (Å²) in [4.78, 5) is 26.3. The number of carbonyl (C=O) groups is 2. The van der Waals surface area contributed by atoms with E-state index >= 15 is 0 Å². The van der Waals surface area contributed by atoms with Gasteiger partial charge in [-0.2, -0.15) is 0 Å². The van der Waals surface area contributed by atoms with E-state index in [-0.39, 0.29) is 11.7 Å². The molecule has 1 aromatic rings. The molecule has 1 amide bonds. The molecule has 0 saturated heterocycles. The van der Waals surface area contributed by atoms with Crippen molar-refractivity contribution in [1.82, 2.24) is 4.98 Å². The number of thiazole rings is 1. The summed E-state index contributed by atoms with van der Waals surface area (Å²) in [7, 11) is 1.28. The van der Waals surface area contributed by atoms with Gasteiger partial charge >= 0.3 is 5.97 Å². The van der Waals surface area contributed by atoms with Crippen molar-refractivity contribution in [2.45, 2.75) is 6.04 Å². The van der Waals surface area contributed by atoms with Crippen LogP contribution in [-0.4, -0.2) is 41.5 Å². The molecule has 1 heterocycles. The zero-order chi connectivity index (χ0) is 12.7. The van der Waals surface area contributed by atoms with Crippen molar-refractivity contribution < 1.29 is 14.3 Å². The number of ether oxygens (including phenoxy) is 1. The van der Waals surface area contributed by atoms with Crippen molar-refractivity contribution >= 4 is 40.1 Å². The fourth-order valence-electron chi connectivity index (χ4n) is 0.939. The van der Waals surface area contributed by atoms with E-state index in [0.29, 0.717) is 10.9 Å². The van der Waals surface area contributed by atoms with Crippen molar-refractivity contribution in [3.63, 3.8) is 0 Å². The Labute approximate surface area is 107 Å². The topological polar surface area (TPSA) is 94.3 Å². The predicted octanol–water partition coefficient (Wildman–Crippen LogP) is 0.315. The maximum absolute atomic E-state index is 11.4. The number of hydrogen-bond acceptors (Lipinski definition) is 7. The van der Waals surface area contributed by atoms with Gasteiger partial charge in [-0.1, -0.05) is 0 Å². The van der Waals surface area contributed by atoms with Crippen LogP contribution in [-0.2, 0) is 14.3 Å². The van der Waals surface area contributed by atoms with E-state index < -0.39 is 12.0 Å². The molecule has 1 unspecified atom stereocenters. The second kappa shape index (κ2) is 7.25. The molecule has 0 aliphatic rings. The van der Waals surface area contributed by atoms with Crippen molar-refractivity contribution in [1.29, 1.82) is 0 Å². The second-order valence-electron chi connectivity index (χ2n) is 3.03. The molecular weight excluding hydrogens is 262 g/mol. The van der Waals surface area contributed by atoms with E-state index in [4.69, 9.17) is 5.73 Å². The molecule has 0 radical (unpaired) electrons. The number of rotatable bonds is 6. The molecule has 0 saturated carbocycles. The summed E-state index contributed by atoms with van der Waals surface area (Å²) in [6.07, 6.45) is 1.61. The normalized spacial score (nSPS) is 11.9. The Balaban J connectivity index is 2.18. The first-order chi connectivity index (χ1) is 8.13. The number of carbonyl (C=O) groups excluding carboxylic acids is 2. The van der Waals surface area contributed by atoms with E-state index in [1.54, 1.807) is 11.6 Å². The quantitative estimate of drug-likeness (QED) is 0.726. The van der Waals surface area contributed by atoms with Gasteiger partial charge in [-0.3, -0.25) is 9.59 Å². The highest BCUT2D eigenvalue weighted by molar-refractivity contribution is 8.00. The molecule has 0 aliphatic carbocycles. The lowest BCUT2D eigenvalue weighted by Gasteiger charge is -2.08. The average Bonchev–Trinajstić information content (AvgIpc) is 2.80. The monoisotopic (exact) mass is 275 g/mol. The number of anilines is 1. The smallest absolute Gasteiger partial charge is 0.323 e. The van der Waals surface area contributed by atoms with Crippen LogP contribution >= 0.6 is 23.1 Å². The van der Waals surface area contributed by atoms with Gasteiger partial charge in [0, 0.05) is 17.3 Å². The van der Waals surface area contributed by atoms with Crippen molar-refractivity contribution in [2.75, 3.05) is 23.9 Å². The SMILES string of the molecule is COC(=O)C(N)CSCC(=O)Nc1nccs1. The molecule has 94 valence electrons. The minimum absolute atomic E-state index is 0.165. The summed E-state index contributed by atoms with van der Waals surface area (Å²) >= 11 is 2.62. The largest absolute Gasteiger partial charge is 0.468 e. The number of thioether (sulfide) groups is 1. The highest BCUT2D eigenvalue weighted by Gasteiger charge is 2.14. The van der Waals surface area contributed by atoms with Gasteiger partial charge < -0.3 is 15.8 Å². The molecule has 0 bridgehead atoms. The maximum atomic E-state index is 11.4. The standard InChI is InChI=1S/C9H13N3O3S2/c1-15-8(14)6(10)4-16-5-7(13)12-9-11-2-3-17-9/h2-3,6H,4-5,10H2,1H3,(H,11,12,13). The molecule has 6 nitrogen and oxygen atoms in total. The van der Waals surface area contributed by atoms with Gasteiger partial charge in [-0.25, -0.2) is 4.98 Å². The number of methoxy groups -OCH3 is 1. The first kappa shape index (κ1) is 13.9. The van der Waals surface area contributed by atoms with Crippen molar-refractivity contribution in [2.24, 2.45) is 5.73 Å². The third-order valence-corrected chi connectivity index (χ3v) is 3.46. The number of nitrogens with two attached hydrogens (primary N) is 1. The third-order valence-electron chi connectivity index (χ3n) is 1.71. The van der Waals surface area contributed by atoms with Crippen LogP contribution in [0, 0.1) is 0 Å². The lowest BCUT2D eigenvalue weighted by molar-refractivity contribution is -0.141. The number of hydrogen-bond donors (Lipinski definition) is 2. The summed E-state index contributed by atoms with van der Waals surface area (Å²) in [5.74, 6) is -0.0674. The number of esters is 1. The Morgan fingerprint density at radius 3 is 3.06 bits per heavy atom. The average molecular weight is 275 g/mol. The van der Waals surface area contributed by atoms with E-state index in [2.05, 4.69) is 15.0 Å². The number of aromatic nitrogens is 1. The Kier molecular flexibility index (Phi) is 5.95. The van der Waals surface area contributed by atoms with Gasteiger partial charge in [0.1, 0.15) is 6.04 Å². The molecule has 1 atom stereocenters. The van der Waals surface area contributed by atoms with Gasteiger partial charge in [0.15, 0.2) is 5.13 Å². The molecule has 3 N–H and O–H groups in total. The summed E-state index contributed by atoms with van der Waals surface area (Å²) in [6, 6.07) is -0.697. The molecule has 0 fully saturated rings. The number of nitrogens with one attached hydrogen (secondary N) is 1. The molecule has 17 heavy (non-hydrogen) atoms. The molecule has 0 aromatic carbocycles. The van der Waals surface area contributed by atoms with Gasteiger partial charge in [0.05, 0.1) is 12.9 Å². The van der Waals surface area contributed by atoms with Gasteiger partial charge in [0.2, 0.25) is 5.91 Å². The van der Waals surface area contributed by atoms with Gasteiger partial charge in [-0.05, 0) is 0 Å². The zero-order valence-corrected chi connectivity index (χ0v) is 10.8. The van der Waals surface area contributed by atoms with Crippen LogP contribution in [0.1, 0.15) is 0 Å². The van der Waals surface area contributed by atoms with Crippen LogP contribution in [0.3, 0.4) is 0 Å². The zero-order valence-electron chi connectivity index (χ0n) is 9.21. The number of amides is 1. The Morgan fingerprint density at radius 2 is 2.47 bits per heavy atom. The van der Waals surface area contributed by atoms with Crippen LogP contribution in [0.4, 0.5) is 5.13 Å². The van der Waals surface area contributed by atoms with Crippen LogP contribution in [0.25, 0.3) is 0 Å². The summed E-state index contributed by atoms with van der Waals surface area (Å²) in [5.41, 5.74) is 5.51. The fraction of sp³-hybridized carbons (Fsp3) is 0.444. The molecule has 1 rings (SSSR count). The summed E-state index contributed by atoms with van der Waals surface area (Å²) in [5, 5.41) is 4.97. The van der Waals surface area contributed by atoms with Crippen molar-refractivity contribution in [3.05, 3.63) is 11.6 Å². The molecule has 0 spiro atoms. The van der Waals surface area contributed by atoms with Crippen LogP contribution < -0.4 is 11.1 Å². The van der Waals surface area contributed by atoms with E-state index in [1.165, 1.54) is 30.2 Å². The number of nitrogens with zero attached hydrogens (tertiary/aromatic N) is 1. The summed E-state index contributed by atoms with van der Waals surface area (Å²) in [6.45, 7) is 0. The van der Waals surface area contributed by atoms with E-state index in [1.807, 2.05) is 0 Å².